The zero-order valence-electron chi connectivity index (χ0n) is 54.7. The van der Waals surface area contributed by atoms with Gasteiger partial charge in [-0.15, -0.1) is 0 Å². The molecule has 0 fully saturated rings. The molecular weight excluding hydrogens is 981 g/mol. The second-order valence-electron chi connectivity index (χ2n) is 25.8. The summed E-state index contributed by atoms with van der Waals surface area (Å²) in [6, 6.07) is 45.4. The third kappa shape index (κ3) is 18.5. The Morgan fingerprint density at radius 2 is 0.691 bits per heavy atom. The van der Waals surface area contributed by atoms with Crippen molar-refractivity contribution in [1.82, 2.24) is 0 Å². The lowest BCUT2D eigenvalue weighted by atomic mass is 9.85. The summed E-state index contributed by atoms with van der Waals surface area (Å²) in [6.45, 7) is 40.4. The number of nitrogens with zero attached hydrogens (tertiary/aromatic N) is 4. The summed E-state index contributed by atoms with van der Waals surface area (Å²) in [5, 5.41) is 0. The third-order valence-electron chi connectivity index (χ3n) is 16.0. The number of aryl methyl sites for hydroxylation is 12. The first-order valence-electron chi connectivity index (χ1n) is 30.6. The number of aromatic nitrogens is 4. The smallest absolute Gasteiger partial charge is 0.201 e. The van der Waals surface area contributed by atoms with Crippen molar-refractivity contribution in [3.05, 3.63) is 213 Å². The van der Waals surface area contributed by atoms with E-state index >= 15 is 0 Å². The monoisotopic (exact) mass is 1090 g/mol. The van der Waals surface area contributed by atoms with Gasteiger partial charge in [-0.2, -0.15) is 0 Å². The van der Waals surface area contributed by atoms with E-state index in [0.717, 1.165) is 38.5 Å². The predicted octanol–water partition coefficient (Wildman–Crippen LogP) is 17.8. The van der Waals surface area contributed by atoms with Crippen molar-refractivity contribution in [3.63, 3.8) is 0 Å². The normalized spacial score (nSPS) is 11.7. The molecule has 4 nitrogen and oxygen atoms in total. The molecule has 8 rings (SSSR count). The van der Waals surface area contributed by atoms with Crippen LogP contribution in [0, 0.1) is 39.0 Å². The van der Waals surface area contributed by atoms with E-state index in [1.54, 1.807) is 0 Å². The van der Waals surface area contributed by atoms with Crippen molar-refractivity contribution in [3.8, 4) is 45.0 Å². The summed E-state index contributed by atoms with van der Waals surface area (Å²) in [5.74, 6) is 1.35. The Morgan fingerprint density at radius 1 is 0.370 bits per heavy atom. The first kappa shape index (κ1) is 65.3. The van der Waals surface area contributed by atoms with Crippen LogP contribution in [0.1, 0.15) is 176 Å². The van der Waals surface area contributed by atoms with Gasteiger partial charge >= 0.3 is 0 Å². The molecule has 0 bridgehead atoms. The fourth-order valence-corrected chi connectivity index (χ4v) is 10.9. The number of benzene rings is 4. The van der Waals surface area contributed by atoms with E-state index in [9.17, 15) is 0 Å². The number of rotatable bonds is 13. The molecule has 0 spiro atoms. The Balaban J connectivity index is 0.000000198. The van der Waals surface area contributed by atoms with Crippen LogP contribution >= 0.6 is 0 Å². The summed E-state index contributed by atoms with van der Waals surface area (Å²) >= 11 is 0. The fraction of sp³-hybridized carbons (Fsp3) is 0.429. The molecule has 0 N–H and O–H groups in total. The van der Waals surface area contributed by atoms with Crippen LogP contribution < -0.4 is 18.3 Å². The van der Waals surface area contributed by atoms with Crippen LogP contribution in [0.2, 0.25) is 0 Å². The van der Waals surface area contributed by atoms with Gasteiger partial charge < -0.3 is 0 Å². The Bertz CT molecular complexity index is 3340. The molecule has 4 aromatic carbocycles. The minimum atomic E-state index is 0.206. The predicted molar refractivity (Wildman–Crippen MR) is 348 cm³/mol. The second kappa shape index (κ2) is 29.5. The maximum Gasteiger partial charge on any atom is 0.212 e. The van der Waals surface area contributed by atoms with Crippen molar-refractivity contribution in [2.75, 3.05) is 0 Å². The Labute approximate surface area is 494 Å². The number of pyridine rings is 4. The lowest BCUT2D eigenvalue weighted by molar-refractivity contribution is -0.660. The van der Waals surface area contributed by atoms with Crippen molar-refractivity contribution < 1.29 is 18.3 Å². The Kier molecular flexibility index (Phi) is 23.7. The molecule has 430 valence electrons. The molecule has 1 unspecified atom stereocenters. The van der Waals surface area contributed by atoms with Crippen molar-refractivity contribution in [1.29, 1.82) is 0 Å². The van der Waals surface area contributed by atoms with Crippen molar-refractivity contribution in [2.45, 2.75) is 181 Å². The molecule has 0 aliphatic carbocycles. The highest BCUT2D eigenvalue weighted by molar-refractivity contribution is 5.64. The van der Waals surface area contributed by atoms with Crippen LogP contribution in [0.15, 0.2) is 146 Å². The zero-order chi connectivity index (χ0) is 59.9. The average molecular weight is 1090 g/mol. The summed E-state index contributed by atoms with van der Waals surface area (Å²) in [7, 11) is 8.54. The Morgan fingerprint density at radius 3 is 0.988 bits per heavy atom. The lowest BCUT2D eigenvalue weighted by Crippen LogP contribution is -2.31. The van der Waals surface area contributed by atoms with Gasteiger partial charge in [-0.25, -0.2) is 18.3 Å². The van der Waals surface area contributed by atoms with Gasteiger partial charge in [-0.05, 0) is 188 Å². The summed E-state index contributed by atoms with van der Waals surface area (Å²) in [6.07, 6.45) is 16.7. The van der Waals surface area contributed by atoms with Crippen LogP contribution in [0.3, 0.4) is 0 Å². The molecule has 8 aromatic rings. The molecule has 0 radical (unpaired) electrons. The maximum atomic E-state index is 2.34. The molecule has 4 aromatic heterocycles. The quantitative estimate of drug-likeness (QED) is 0.102. The van der Waals surface area contributed by atoms with Crippen LogP contribution in [-0.2, 0) is 72.1 Å². The first-order chi connectivity index (χ1) is 38.2. The number of hydrogen-bond acceptors (Lipinski definition) is 0. The van der Waals surface area contributed by atoms with Gasteiger partial charge in [0.25, 0.3) is 0 Å². The van der Waals surface area contributed by atoms with Gasteiger partial charge in [-0.1, -0.05) is 145 Å². The van der Waals surface area contributed by atoms with Crippen LogP contribution in [-0.4, -0.2) is 0 Å². The molecule has 0 amide bonds. The lowest BCUT2D eigenvalue weighted by Gasteiger charge is -2.20. The molecule has 4 heteroatoms. The van der Waals surface area contributed by atoms with Gasteiger partial charge in [-0.3, -0.25) is 0 Å². The maximum absolute atomic E-state index is 2.34. The molecule has 0 saturated heterocycles. The molecule has 4 heterocycles. The van der Waals surface area contributed by atoms with Crippen molar-refractivity contribution in [2.24, 2.45) is 39.5 Å². The first-order valence-corrected chi connectivity index (χ1v) is 30.6. The van der Waals surface area contributed by atoms with E-state index in [1.807, 2.05) is 0 Å². The van der Waals surface area contributed by atoms with E-state index in [-0.39, 0.29) is 5.41 Å². The van der Waals surface area contributed by atoms with Gasteiger partial charge in [0.15, 0.2) is 24.8 Å². The van der Waals surface area contributed by atoms with Crippen molar-refractivity contribution >= 4 is 0 Å². The molecule has 81 heavy (non-hydrogen) atoms. The molecule has 1 atom stereocenters. The highest BCUT2D eigenvalue weighted by Crippen LogP contribution is 2.31. The molecule has 0 saturated carbocycles. The highest BCUT2D eigenvalue weighted by Gasteiger charge is 2.20. The standard InChI is InChI=1S/C20H28N.3C19H26N/c1-7-16-9-11-19(21(6)14-16)18-10-8-17(12-15(18)2)13-20(3,4)5;1-7-15-8-11-18(20(6)13-15)17-10-9-16(12-14(17)2)19(3,4)5;1-6-16-8-10-19(20(5)13-16)18-9-7-17(11-14(2)3)12-15(18)4;1-6-14(3)17-9-10-18(15(4)12-17)19-11-8-16(7-2)13-20(19)5/h8-12,14H,7,13H2,1-6H3;8-13H,7H2,1-6H3;7-10,12-14H,6,11H2,1-5H3;8-14H,6-7H2,1-5H3/q4*+1. The molecular formula is C77H106N4+4. The SMILES string of the molecule is CCc1ccc(-c2ccc(C(C)(C)C)cc2C)[n+](C)c1.CCc1ccc(-c2ccc(C(C)CC)cc2C)[n+](C)c1.CCc1ccc(-c2ccc(CC(C)(C)C)cc2C)[n+](C)c1.CCc1ccc(-c2ccc(CC(C)C)cc2C)[n+](C)c1. The molecule has 0 aliphatic rings. The van der Waals surface area contributed by atoms with Gasteiger partial charge in [0.2, 0.25) is 22.8 Å². The fourth-order valence-electron chi connectivity index (χ4n) is 10.9. The third-order valence-corrected chi connectivity index (χ3v) is 16.0. The zero-order valence-corrected chi connectivity index (χ0v) is 54.7. The largest absolute Gasteiger partial charge is 0.212 e. The minimum Gasteiger partial charge on any atom is -0.201 e. The van der Waals surface area contributed by atoms with E-state index in [2.05, 4.69) is 317 Å². The van der Waals surface area contributed by atoms with Gasteiger partial charge in [0, 0.05) is 68.8 Å². The van der Waals surface area contributed by atoms with Gasteiger partial charge in [0.1, 0.15) is 28.2 Å². The summed E-state index contributed by atoms with van der Waals surface area (Å²) in [5.41, 5.74) is 27.7. The van der Waals surface area contributed by atoms with Gasteiger partial charge in [0.05, 0.1) is 0 Å². The van der Waals surface area contributed by atoms with E-state index in [0.29, 0.717) is 17.3 Å². The second-order valence-corrected chi connectivity index (χ2v) is 25.8. The van der Waals surface area contributed by atoms with Crippen LogP contribution in [0.4, 0.5) is 0 Å². The summed E-state index contributed by atoms with van der Waals surface area (Å²) in [4.78, 5) is 0. The topological polar surface area (TPSA) is 15.5 Å². The average Bonchev–Trinajstić information content (AvgIpc) is 3.41. The molecule has 0 aliphatic heterocycles. The van der Waals surface area contributed by atoms with E-state index in [4.69, 9.17) is 0 Å². The van der Waals surface area contributed by atoms with Crippen LogP contribution in [0.25, 0.3) is 45.0 Å². The Hall–Kier alpha value is -6.52. The van der Waals surface area contributed by atoms with Crippen LogP contribution in [0.5, 0.6) is 0 Å². The summed E-state index contributed by atoms with van der Waals surface area (Å²) < 4.78 is 8.95. The van der Waals surface area contributed by atoms with E-state index < -0.39 is 0 Å². The highest BCUT2D eigenvalue weighted by atomic mass is 14.9. The van der Waals surface area contributed by atoms with E-state index in [1.165, 1.54) is 118 Å². The minimum absolute atomic E-state index is 0.206. The number of hydrogen-bond donors (Lipinski definition) is 0.